The molecule has 0 bridgehead atoms. The Kier molecular flexibility index (Phi) is 4.56. The first kappa shape index (κ1) is 15.7. The number of hydrogen-bond donors (Lipinski definition) is 1. The van der Waals surface area contributed by atoms with E-state index < -0.39 is 11.7 Å². The molecule has 6 heteroatoms. The van der Waals surface area contributed by atoms with Crippen LogP contribution in [0.5, 0.6) is 5.75 Å². The average Bonchev–Trinajstić information content (AvgIpc) is 2.60. The molecule has 1 aromatic carbocycles. The van der Waals surface area contributed by atoms with Crippen LogP contribution in [0.15, 0.2) is 64.1 Å². The summed E-state index contributed by atoms with van der Waals surface area (Å²) in [5, 5.41) is 3.59. The van der Waals surface area contributed by atoms with E-state index in [1.165, 1.54) is 6.07 Å². The molecular weight excluding hydrogens is 308 g/mol. The van der Waals surface area contributed by atoms with Gasteiger partial charge in [-0.25, -0.2) is 4.79 Å². The van der Waals surface area contributed by atoms with Gasteiger partial charge in [0.25, 0.3) is 5.91 Å². The Labute approximate surface area is 138 Å². The van der Waals surface area contributed by atoms with Gasteiger partial charge in [0.15, 0.2) is 6.10 Å². The molecular formula is C18H16N2O4. The molecule has 24 heavy (non-hydrogen) atoms. The van der Waals surface area contributed by atoms with Crippen LogP contribution in [0, 0.1) is 0 Å². The van der Waals surface area contributed by atoms with E-state index in [2.05, 4.69) is 10.3 Å². The molecule has 122 valence electrons. The molecule has 0 aliphatic carbocycles. The Hall–Kier alpha value is -3.15. The second-order valence-corrected chi connectivity index (χ2v) is 5.29. The lowest BCUT2D eigenvalue weighted by molar-refractivity contribution is -0.127. The Morgan fingerprint density at radius 3 is 2.75 bits per heavy atom. The van der Waals surface area contributed by atoms with Crippen molar-refractivity contribution in [3.8, 4) is 5.75 Å². The molecule has 1 amide bonds. The minimum Gasteiger partial charge on any atom is -0.481 e. The monoisotopic (exact) mass is 324 g/mol. The molecule has 0 spiro atoms. The second-order valence-electron chi connectivity index (χ2n) is 5.29. The van der Waals surface area contributed by atoms with Crippen LogP contribution in [0.3, 0.4) is 0 Å². The van der Waals surface area contributed by atoms with Gasteiger partial charge in [-0.1, -0.05) is 0 Å². The number of benzene rings is 1. The number of aromatic nitrogens is 1. The molecule has 1 N–H and O–H groups in total. The highest BCUT2D eigenvalue weighted by Gasteiger charge is 2.14. The standard InChI is InChI=1S/C18H16N2O4/c1-12(18(22)20-11-13-6-8-19-9-7-13)23-15-4-2-14-3-5-17(21)24-16(14)10-15/h2-10,12H,11H2,1H3,(H,20,22). The van der Waals surface area contributed by atoms with Gasteiger partial charge in [0, 0.05) is 36.5 Å². The first-order chi connectivity index (χ1) is 11.6. The third kappa shape index (κ3) is 3.78. The van der Waals surface area contributed by atoms with E-state index in [0.29, 0.717) is 17.9 Å². The maximum Gasteiger partial charge on any atom is 0.336 e. The third-order valence-corrected chi connectivity index (χ3v) is 3.49. The Balaban J connectivity index is 1.64. The van der Waals surface area contributed by atoms with Gasteiger partial charge >= 0.3 is 5.63 Å². The maximum absolute atomic E-state index is 12.1. The Bertz CT molecular complexity index is 906. The van der Waals surface area contributed by atoms with E-state index in [9.17, 15) is 9.59 Å². The van der Waals surface area contributed by atoms with Crippen LogP contribution in [-0.4, -0.2) is 17.0 Å². The highest BCUT2D eigenvalue weighted by atomic mass is 16.5. The molecule has 0 aliphatic rings. The number of fused-ring (bicyclic) bond motifs is 1. The lowest BCUT2D eigenvalue weighted by Gasteiger charge is -2.15. The number of hydrogen-bond acceptors (Lipinski definition) is 5. The van der Waals surface area contributed by atoms with Crippen molar-refractivity contribution in [2.45, 2.75) is 19.6 Å². The summed E-state index contributed by atoms with van der Waals surface area (Å²) in [6, 6.07) is 11.8. The van der Waals surface area contributed by atoms with Gasteiger partial charge in [-0.3, -0.25) is 9.78 Å². The van der Waals surface area contributed by atoms with Crippen molar-refractivity contribution in [2.75, 3.05) is 0 Å². The molecule has 3 aromatic rings. The minimum atomic E-state index is -0.681. The second kappa shape index (κ2) is 6.95. The summed E-state index contributed by atoms with van der Waals surface area (Å²) < 4.78 is 10.7. The van der Waals surface area contributed by atoms with Crippen LogP contribution in [0.4, 0.5) is 0 Å². The summed E-state index contributed by atoms with van der Waals surface area (Å²) in [4.78, 5) is 27.3. The van der Waals surface area contributed by atoms with Crippen LogP contribution in [0.25, 0.3) is 11.0 Å². The predicted octanol–water partition coefficient (Wildman–Crippen LogP) is 2.27. The van der Waals surface area contributed by atoms with Gasteiger partial charge in [0.2, 0.25) is 0 Å². The lowest BCUT2D eigenvalue weighted by atomic mass is 10.2. The Morgan fingerprint density at radius 2 is 1.96 bits per heavy atom. The van der Waals surface area contributed by atoms with Crippen LogP contribution in [0.2, 0.25) is 0 Å². The number of amides is 1. The summed E-state index contributed by atoms with van der Waals surface area (Å²) >= 11 is 0. The van der Waals surface area contributed by atoms with E-state index in [4.69, 9.17) is 9.15 Å². The average molecular weight is 324 g/mol. The molecule has 0 saturated heterocycles. The molecule has 2 heterocycles. The molecule has 1 atom stereocenters. The van der Waals surface area contributed by atoms with Crippen molar-refractivity contribution in [3.05, 3.63) is 70.8 Å². The van der Waals surface area contributed by atoms with E-state index in [-0.39, 0.29) is 5.91 Å². The normalized spacial score (nSPS) is 11.9. The SMILES string of the molecule is CC(Oc1ccc2ccc(=O)oc2c1)C(=O)NCc1ccncc1. The molecule has 2 aromatic heterocycles. The zero-order chi connectivity index (χ0) is 16.9. The lowest BCUT2D eigenvalue weighted by Crippen LogP contribution is -2.35. The topological polar surface area (TPSA) is 81.4 Å². The van der Waals surface area contributed by atoms with Crippen LogP contribution in [0.1, 0.15) is 12.5 Å². The van der Waals surface area contributed by atoms with Gasteiger partial charge in [-0.2, -0.15) is 0 Å². The van der Waals surface area contributed by atoms with E-state index in [1.807, 2.05) is 12.1 Å². The van der Waals surface area contributed by atoms with Crippen molar-refractivity contribution in [1.82, 2.24) is 10.3 Å². The number of pyridine rings is 1. The van der Waals surface area contributed by atoms with Crippen molar-refractivity contribution < 1.29 is 13.9 Å². The molecule has 0 aliphatic heterocycles. The van der Waals surface area contributed by atoms with Gasteiger partial charge in [-0.05, 0) is 42.8 Å². The molecule has 0 fully saturated rings. The van der Waals surface area contributed by atoms with Crippen molar-refractivity contribution >= 4 is 16.9 Å². The fourth-order valence-corrected chi connectivity index (χ4v) is 2.21. The number of carbonyl (C=O) groups excluding carboxylic acids is 1. The number of ether oxygens (including phenoxy) is 1. The van der Waals surface area contributed by atoms with Crippen LogP contribution < -0.4 is 15.7 Å². The molecule has 0 saturated carbocycles. The zero-order valence-electron chi connectivity index (χ0n) is 13.1. The first-order valence-electron chi connectivity index (χ1n) is 7.49. The molecule has 6 nitrogen and oxygen atoms in total. The van der Waals surface area contributed by atoms with Gasteiger partial charge in [0.1, 0.15) is 11.3 Å². The smallest absolute Gasteiger partial charge is 0.336 e. The summed E-state index contributed by atoms with van der Waals surface area (Å²) in [6.07, 6.45) is 2.66. The first-order valence-corrected chi connectivity index (χ1v) is 7.49. The van der Waals surface area contributed by atoms with E-state index >= 15 is 0 Å². The Morgan fingerprint density at radius 1 is 1.21 bits per heavy atom. The minimum absolute atomic E-state index is 0.235. The largest absolute Gasteiger partial charge is 0.481 e. The quantitative estimate of drug-likeness (QED) is 0.728. The third-order valence-electron chi connectivity index (χ3n) is 3.49. The van der Waals surface area contributed by atoms with Crippen molar-refractivity contribution in [2.24, 2.45) is 0 Å². The van der Waals surface area contributed by atoms with E-state index in [1.54, 1.807) is 43.6 Å². The number of carbonyl (C=O) groups is 1. The zero-order valence-corrected chi connectivity index (χ0v) is 13.1. The number of nitrogens with zero attached hydrogens (tertiary/aromatic N) is 1. The van der Waals surface area contributed by atoms with Crippen molar-refractivity contribution in [1.29, 1.82) is 0 Å². The molecule has 1 unspecified atom stereocenters. The summed E-state index contributed by atoms with van der Waals surface area (Å²) in [7, 11) is 0. The fraction of sp³-hybridized carbons (Fsp3) is 0.167. The van der Waals surface area contributed by atoms with Gasteiger partial charge in [-0.15, -0.1) is 0 Å². The fourth-order valence-electron chi connectivity index (χ4n) is 2.21. The highest BCUT2D eigenvalue weighted by molar-refractivity contribution is 5.81. The number of nitrogens with one attached hydrogen (secondary N) is 1. The summed E-state index contributed by atoms with van der Waals surface area (Å²) in [6.45, 7) is 2.06. The summed E-state index contributed by atoms with van der Waals surface area (Å²) in [5.41, 5.74) is 0.949. The maximum atomic E-state index is 12.1. The van der Waals surface area contributed by atoms with Gasteiger partial charge < -0.3 is 14.5 Å². The molecule has 0 radical (unpaired) electrons. The molecule has 3 rings (SSSR count). The van der Waals surface area contributed by atoms with Crippen LogP contribution in [-0.2, 0) is 11.3 Å². The highest BCUT2D eigenvalue weighted by Crippen LogP contribution is 2.20. The van der Waals surface area contributed by atoms with Crippen molar-refractivity contribution in [3.63, 3.8) is 0 Å². The summed E-state index contributed by atoms with van der Waals surface area (Å²) in [5.74, 6) is 0.227. The number of rotatable bonds is 5. The van der Waals surface area contributed by atoms with Crippen LogP contribution >= 0.6 is 0 Å². The van der Waals surface area contributed by atoms with Gasteiger partial charge in [0.05, 0.1) is 0 Å². The predicted molar refractivity (Wildman–Crippen MR) is 88.7 cm³/mol. The van der Waals surface area contributed by atoms with E-state index in [0.717, 1.165) is 10.9 Å².